The molecule has 0 heterocycles. The first-order chi connectivity index (χ1) is 11.0. The normalized spacial score (nSPS) is 11.5. The third-order valence-electron chi connectivity index (χ3n) is 3.35. The maximum absolute atomic E-state index is 12.9. The molecule has 0 bridgehead atoms. The Kier molecular flexibility index (Phi) is 5.41. The smallest absolute Gasteiger partial charge is 0.319 e. The summed E-state index contributed by atoms with van der Waals surface area (Å²) in [5.74, 6) is 0.971. The molecule has 2 rings (SSSR count). The van der Waals surface area contributed by atoms with Crippen molar-refractivity contribution in [1.82, 2.24) is 5.32 Å². The molecule has 0 radical (unpaired) electrons. The van der Waals surface area contributed by atoms with Crippen LogP contribution in [0.3, 0.4) is 0 Å². The van der Waals surface area contributed by atoms with E-state index in [1.165, 1.54) is 24.3 Å². The summed E-state index contributed by atoms with van der Waals surface area (Å²) in [6, 6.07) is 10.2. The zero-order valence-corrected chi connectivity index (χ0v) is 13.2. The van der Waals surface area contributed by atoms with Crippen LogP contribution >= 0.6 is 0 Å². The molecule has 1 atom stereocenters. The number of rotatable bonds is 5. The van der Waals surface area contributed by atoms with Gasteiger partial charge < -0.3 is 20.1 Å². The van der Waals surface area contributed by atoms with Gasteiger partial charge in [0.05, 0.1) is 20.3 Å². The van der Waals surface area contributed by atoms with Gasteiger partial charge in [0.1, 0.15) is 17.3 Å². The lowest BCUT2D eigenvalue weighted by molar-refractivity contribution is 0.249. The lowest BCUT2D eigenvalue weighted by atomic mass is 10.1. The number of carbonyl (C=O) groups excluding carboxylic acids is 1. The molecule has 5 nitrogen and oxygen atoms in total. The highest BCUT2D eigenvalue weighted by molar-refractivity contribution is 5.89. The van der Waals surface area contributed by atoms with Crippen molar-refractivity contribution < 1.29 is 18.7 Å². The number of anilines is 1. The average Bonchev–Trinajstić information content (AvgIpc) is 2.56. The lowest BCUT2D eigenvalue weighted by Crippen LogP contribution is -2.31. The van der Waals surface area contributed by atoms with Gasteiger partial charge in [-0.15, -0.1) is 0 Å². The number of ether oxygens (including phenoxy) is 2. The number of benzene rings is 2. The van der Waals surface area contributed by atoms with Crippen molar-refractivity contribution in [3.8, 4) is 11.5 Å². The van der Waals surface area contributed by atoms with Crippen molar-refractivity contribution in [2.75, 3.05) is 19.5 Å². The molecule has 2 amide bonds. The minimum atomic E-state index is -0.394. The summed E-state index contributed by atoms with van der Waals surface area (Å²) in [4.78, 5) is 12.0. The first kappa shape index (κ1) is 16.6. The highest BCUT2D eigenvalue weighted by Gasteiger charge is 2.15. The summed E-state index contributed by atoms with van der Waals surface area (Å²) >= 11 is 0. The summed E-state index contributed by atoms with van der Waals surface area (Å²) in [6.07, 6.45) is 0. The van der Waals surface area contributed by atoms with E-state index in [1.54, 1.807) is 26.4 Å². The number of carbonyl (C=O) groups is 1. The number of amides is 2. The Bertz CT molecular complexity index is 674. The summed E-state index contributed by atoms with van der Waals surface area (Å²) in [5, 5.41) is 5.45. The van der Waals surface area contributed by atoms with Crippen molar-refractivity contribution in [3.05, 3.63) is 53.8 Å². The van der Waals surface area contributed by atoms with Gasteiger partial charge in [0.25, 0.3) is 0 Å². The van der Waals surface area contributed by atoms with Gasteiger partial charge in [-0.05, 0) is 49.4 Å². The molecule has 2 aromatic rings. The Labute approximate surface area is 134 Å². The monoisotopic (exact) mass is 318 g/mol. The molecule has 23 heavy (non-hydrogen) atoms. The SMILES string of the molecule is COc1ccc(OC)c(C(C)NC(=O)Nc2ccc(F)cc2)c1. The summed E-state index contributed by atoms with van der Waals surface area (Å²) in [5.41, 5.74) is 1.30. The number of methoxy groups -OCH3 is 2. The van der Waals surface area contributed by atoms with E-state index in [2.05, 4.69) is 10.6 Å². The molecule has 0 aliphatic rings. The van der Waals surface area contributed by atoms with E-state index in [9.17, 15) is 9.18 Å². The van der Waals surface area contributed by atoms with Crippen LogP contribution in [0.5, 0.6) is 11.5 Å². The van der Waals surface area contributed by atoms with E-state index in [0.717, 1.165) is 5.56 Å². The van der Waals surface area contributed by atoms with E-state index < -0.39 is 6.03 Å². The number of nitrogens with one attached hydrogen (secondary N) is 2. The maximum Gasteiger partial charge on any atom is 0.319 e. The molecule has 0 saturated carbocycles. The number of halogens is 1. The van der Waals surface area contributed by atoms with Crippen molar-refractivity contribution in [2.45, 2.75) is 13.0 Å². The first-order valence-corrected chi connectivity index (χ1v) is 7.08. The zero-order chi connectivity index (χ0) is 16.8. The van der Waals surface area contributed by atoms with Crippen molar-refractivity contribution >= 4 is 11.7 Å². The van der Waals surface area contributed by atoms with Gasteiger partial charge in [-0.25, -0.2) is 9.18 Å². The van der Waals surface area contributed by atoms with Gasteiger partial charge in [-0.2, -0.15) is 0 Å². The molecule has 0 aromatic heterocycles. The molecular formula is C17H19FN2O3. The van der Waals surface area contributed by atoms with Crippen LogP contribution in [0, 0.1) is 5.82 Å². The van der Waals surface area contributed by atoms with Gasteiger partial charge in [0.2, 0.25) is 0 Å². The van der Waals surface area contributed by atoms with Gasteiger partial charge in [0, 0.05) is 11.3 Å². The minimum Gasteiger partial charge on any atom is -0.497 e. The second-order valence-electron chi connectivity index (χ2n) is 4.93. The molecule has 1 unspecified atom stereocenters. The fourth-order valence-corrected chi connectivity index (χ4v) is 2.15. The van der Waals surface area contributed by atoms with Crippen LogP contribution in [-0.2, 0) is 0 Å². The molecule has 6 heteroatoms. The van der Waals surface area contributed by atoms with Crippen LogP contribution in [0.4, 0.5) is 14.9 Å². The summed E-state index contributed by atoms with van der Waals surface area (Å²) in [7, 11) is 3.14. The molecule has 0 aliphatic carbocycles. The number of hydrogen-bond donors (Lipinski definition) is 2. The average molecular weight is 318 g/mol. The quantitative estimate of drug-likeness (QED) is 0.883. The minimum absolute atomic E-state index is 0.305. The number of hydrogen-bond acceptors (Lipinski definition) is 3. The highest BCUT2D eigenvalue weighted by atomic mass is 19.1. The number of urea groups is 1. The molecule has 0 saturated heterocycles. The van der Waals surface area contributed by atoms with Gasteiger partial charge in [0.15, 0.2) is 0 Å². The Balaban J connectivity index is 2.07. The second-order valence-corrected chi connectivity index (χ2v) is 4.93. The van der Waals surface area contributed by atoms with E-state index in [-0.39, 0.29) is 11.9 Å². The van der Waals surface area contributed by atoms with Gasteiger partial charge in [-0.1, -0.05) is 0 Å². The Hall–Kier alpha value is -2.76. The Morgan fingerprint density at radius 3 is 2.39 bits per heavy atom. The van der Waals surface area contributed by atoms with Gasteiger partial charge in [-0.3, -0.25) is 0 Å². The van der Waals surface area contributed by atoms with Crippen molar-refractivity contribution in [1.29, 1.82) is 0 Å². The zero-order valence-electron chi connectivity index (χ0n) is 13.2. The molecule has 122 valence electrons. The largest absolute Gasteiger partial charge is 0.497 e. The van der Waals surface area contributed by atoms with Crippen LogP contribution in [0.2, 0.25) is 0 Å². The molecule has 0 aliphatic heterocycles. The van der Waals surface area contributed by atoms with Gasteiger partial charge >= 0.3 is 6.03 Å². The molecule has 0 fully saturated rings. The lowest BCUT2D eigenvalue weighted by Gasteiger charge is -2.18. The van der Waals surface area contributed by atoms with Crippen LogP contribution in [0.15, 0.2) is 42.5 Å². The standard InChI is InChI=1S/C17H19FN2O3/c1-11(15-10-14(22-2)8-9-16(15)23-3)19-17(21)20-13-6-4-12(18)5-7-13/h4-11H,1-3H3,(H2,19,20,21). The van der Waals surface area contributed by atoms with E-state index >= 15 is 0 Å². The fraction of sp³-hybridized carbons (Fsp3) is 0.235. The van der Waals surface area contributed by atoms with Crippen molar-refractivity contribution in [3.63, 3.8) is 0 Å². The molecule has 2 aromatic carbocycles. The summed E-state index contributed by atoms with van der Waals surface area (Å²) in [6.45, 7) is 1.83. The van der Waals surface area contributed by atoms with Crippen LogP contribution < -0.4 is 20.1 Å². The Morgan fingerprint density at radius 1 is 1.09 bits per heavy atom. The first-order valence-electron chi connectivity index (χ1n) is 7.08. The van der Waals surface area contributed by atoms with Crippen molar-refractivity contribution in [2.24, 2.45) is 0 Å². The van der Waals surface area contributed by atoms with E-state index in [0.29, 0.717) is 17.2 Å². The highest BCUT2D eigenvalue weighted by Crippen LogP contribution is 2.29. The summed E-state index contributed by atoms with van der Waals surface area (Å²) < 4.78 is 23.4. The topological polar surface area (TPSA) is 59.6 Å². The molecular weight excluding hydrogens is 299 g/mol. The molecule has 2 N–H and O–H groups in total. The fourth-order valence-electron chi connectivity index (χ4n) is 2.15. The van der Waals surface area contributed by atoms with Crippen LogP contribution in [0.1, 0.15) is 18.5 Å². The molecule has 0 spiro atoms. The van der Waals surface area contributed by atoms with Crippen LogP contribution in [-0.4, -0.2) is 20.3 Å². The third-order valence-corrected chi connectivity index (χ3v) is 3.35. The van der Waals surface area contributed by atoms with E-state index in [4.69, 9.17) is 9.47 Å². The van der Waals surface area contributed by atoms with Crippen LogP contribution in [0.25, 0.3) is 0 Å². The van der Waals surface area contributed by atoms with E-state index in [1.807, 2.05) is 13.0 Å². The predicted molar refractivity (Wildman–Crippen MR) is 86.5 cm³/mol. The predicted octanol–water partition coefficient (Wildman–Crippen LogP) is 3.73. The third kappa shape index (κ3) is 4.35. The Morgan fingerprint density at radius 2 is 1.78 bits per heavy atom. The second kappa shape index (κ2) is 7.49. The maximum atomic E-state index is 12.9.